The van der Waals surface area contributed by atoms with Gasteiger partial charge < -0.3 is 24.8 Å². The molecule has 0 N–H and O–H groups in total. The van der Waals surface area contributed by atoms with Crippen molar-refractivity contribution in [2.45, 2.75) is 10.1 Å². The monoisotopic (exact) mass is 545 g/mol. The molecule has 1 heterocycles. The summed E-state index contributed by atoms with van der Waals surface area (Å²) in [5.74, 6) is 0. The summed E-state index contributed by atoms with van der Waals surface area (Å²) in [6.07, 6.45) is 12.8. The van der Waals surface area contributed by atoms with Gasteiger partial charge in [0.15, 0.2) is 0 Å². The van der Waals surface area contributed by atoms with Gasteiger partial charge in [-0.3, -0.25) is 0 Å². The van der Waals surface area contributed by atoms with E-state index in [1.54, 1.807) is 8.89 Å². The molecular weight excluding hydrogens is 528 g/mol. The number of benzene rings is 2. The van der Waals surface area contributed by atoms with Gasteiger partial charge in [-0.15, -0.1) is 0 Å². The average Bonchev–Trinajstić information content (AvgIpc) is 3.34. The number of nitrogens with zero attached hydrogens (tertiary/aromatic N) is 1. The second-order valence-electron chi connectivity index (χ2n) is 6.34. The van der Waals surface area contributed by atoms with Crippen molar-refractivity contribution in [3.8, 4) is 0 Å². The topological polar surface area (TPSA) is 4.93 Å². The van der Waals surface area contributed by atoms with Crippen LogP contribution in [0.25, 0.3) is 22.7 Å². The summed E-state index contributed by atoms with van der Waals surface area (Å²) in [4.78, 5) is 0. The number of hydrogen-bond acceptors (Lipinski definition) is 0. The molecule has 0 bridgehead atoms. The third-order valence-corrected chi connectivity index (χ3v) is 10.8. The van der Waals surface area contributed by atoms with Gasteiger partial charge in [-0.2, -0.15) is 0 Å². The van der Waals surface area contributed by atoms with Crippen LogP contribution < -0.4 is 24.8 Å². The molecule has 26 heavy (non-hydrogen) atoms. The number of allylic oxidation sites excluding steroid dienone is 5. The van der Waals surface area contributed by atoms with E-state index in [2.05, 4.69) is 89.7 Å². The molecule has 0 fully saturated rings. The molecule has 0 saturated carbocycles. The van der Waals surface area contributed by atoms with E-state index in [9.17, 15) is 0 Å². The first-order valence-electron chi connectivity index (χ1n) is 8.39. The Hall–Kier alpha value is -1.35. The van der Waals surface area contributed by atoms with Crippen molar-refractivity contribution in [2.24, 2.45) is 0 Å². The van der Waals surface area contributed by atoms with Crippen molar-refractivity contribution in [3.63, 3.8) is 0 Å². The number of hydrogen-bond donors (Lipinski definition) is 0. The Morgan fingerprint density at radius 1 is 0.923 bits per heavy atom. The van der Waals surface area contributed by atoms with Gasteiger partial charge in [-0.1, -0.05) is 0 Å². The first-order chi connectivity index (χ1) is 11.9. The van der Waals surface area contributed by atoms with Gasteiger partial charge in [0.25, 0.3) is 0 Å². The molecule has 0 amide bonds. The van der Waals surface area contributed by atoms with Crippen molar-refractivity contribution in [1.82, 2.24) is 4.57 Å². The molecule has 2 aromatic carbocycles. The Morgan fingerprint density at radius 2 is 1.73 bits per heavy atom. The van der Waals surface area contributed by atoms with Gasteiger partial charge in [-0.25, -0.2) is 0 Å². The Kier molecular flexibility index (Phi) is 6.06. The van der Waals surface area contributed by atoms with E-state index in [-0.39, 0.29) is 24.8 Å². The van der Waals surface area contributed by atoms with Crippen LogP contribution >= 0.6 is 0 Å². The molecule has 0 aliphatic heterocycles. The van der Waals surface area contributed by atoms with Gasteiger partial charge in [0.05, 0.1) is 0 Å². The average molecular weight is 545 g/mol. The third kappa shape index (κ3) is 3.31. The Bertz CT molecular complexity index is 1030. The van der Waals surface area contributed by atoms with Crippen LogP contribution in [0.3, 0.4) is 0 Å². The quantitative estimate of drug-likeness (QED) is 0.397. The second-order valence-corrected chi connectivity index (χ2v) is 11.8. The number of fused-ring (bicyclic) bond motifs is 2. The SMILES string of the molecule is C1=CC[C]([Hf+2][CH]2C(n3ccc4ccccc43)=Cc3ccccc32)=C1.[Cl-].[Cl-]. The standard InChI is InChI=1S/C17H12N.C5H5.2ClH.Hf/c1-2-7-15-12-16(11-14(15)6-1)18-10-9-13-5-3-4-8-17(13)18;1-2-4-5-3-1;;;/h1-12H;1-3H,4H2;2*1H;/q;;;;+2/p-2. The summed E-state index contributed by atoms with van der Waals surface area (Å²) in [6, 6.07) is 19.9. The molecule has 5 rings (SSSR count). The van der Waals surface area contributed by atoms with Crippen LogP contribution in [-0.4, -0.2) is 4.57 Å². The molecule has 2 aliphatic carbocycles. The molecule has 1 nitrogen and oxygen atoms in total. The van der Waals surface area contributed by atoms with Crippen LogP contribution in [0.15, 0.2) is 82.4 Å². The predicted octanol–water partition coefficient (Wildman–Crippen LogP) is -0.372. The second kappa shape index (κ2) is 8.12. The largest absolute Gasteiger partial charge is 1.00 e. The molecule has 1 aromatic heterocycles. The summed E-state index contributed by atoms with van der Waals surface area (Å²) >= 11 is -0.959. The molecule has 0 spiro atoms. The van der Waals surface area contributed by atoms with E-state index in [0.717, 1.165) is 0 Å². The van der Waals surface area contributed by atoms with E-state index in [1.165, 1.54) is 28.6 Å². The van der Waals surface area contributed by atoms with Gasteiger partial charge in [0, 0.05) is 0 Å². The fraction of sp³-hybridized carbons (Fsp3) is 0.0909. The summed E-state index contributed by atoms with van der Waals surface area (Å²) in [7, 11) is 0. The van der Waals surface area contributed by atoms with Crippen molar-refractivity contribution in [3.05, 3.63) is 93.5 Å². The van der Waals surface area contributed by atoms with Crippen LogP contribution in [0, 0.1) is 0 Å². The van der Waals surface area contributed by atoms with E-state index in [1.807, 2.05) is 0 Å². The van der Waals surface area contributed by atoms with Crippen molar-refractivity contribution in [1.29, 1.82) is 0 Å². The summed E-state index contributed by atoms with van der Waals surface area (Å²) in [6.45, 7) is 0. The first-order valence-corrected chi connectivity index (χ1v) is 12.3. The van der Waals surface area contributed by atoms with Gasteiger partial charge in [-0.05, 0) is 0 Å². The van der Waals surface area contributed by atoms with Crippen LogP contribution in [0.2, 0.25) is 0 Å². The van der Waals surface area contributed by atoms with E-state index in [0.29, 0.717) is 3.67 Å². The van der Waals surface area contributed by atoms with Crippen LogP contribution in [0.1, 0.15) is 21.2 Å². The maximum atomic E-state index is 2.43. The van der Waals surface area contributed by atoms with Crippen molar-refractivity contribution < 1.29 is 47.7 Å². The number of rotatable bonds is 3. The maximum absolute atomic E-state index is 2.43. The Morgan fingerprint density at radius 3 is 2.58 bits per heavy atom. The minimum Gasteiger partial charge on any atom is -1.00 e. The Balaban J connectivity index is 0.000000980. The molecular formula is C22H17Cl2HfN. The maximum Gasteiger partial charge on any atom is -1.00 e. The van der Waals surface area contributed by atoms with E-state index < -0.39 is 22.9 Å². The molecule has 0 saturated heterocycles. The zero-order chi connectivity index (χ0) is 15.9. The minimum atomic E-state index is -0.959. The number of aromatic nitrogens is 1. The molecule has 0 radical (unpaired) electrons. The molecule has 2 aliphatic rings. The van der Waals surface area contributed by atoms with Gasteiger partial charge in [0.2, 0.25) is 0 Å². The molecule has 1 unspecified atom stereocenters. The van der Waals surface area contributed by atoms with Crippen molar-refractivity contribution in [2.75, 3.05) is 0 Å². The number of para-hydroxylation sites is 1. The summed E-state index contributed by atoms with van der Waals surface area (Å²) < 4.78 is 4.78. The van der Waals surface area contributed by atoms with E-state index >= 15 is 0 Å². The van der Waals surface area contributed by atoms with Gasteiger partial charge >= 0.3 is 154 Å². The minimum absolute atomic E-state index is 0. The van der Waals surface area contributed by atoms with Crippen LogP contribution in [0.5, 0.6) is 0 Å². The third-order valence-electron chi connectivity index (χ3n) is 4.88. The van der Waals surface area contributed by atoms with Crippen LogP contribution in [-0.2, 0) is 22.9 Å². The van der Waals surface area contributed by atoms with Crippen molar-refractivity contribution >= 4 is 22.7 Å². The zero-order valence-corrected chi connectivity index (χ0v) is 19.2. The predicted molar refractivity (Wildman–Crippen MR) is 97.1 cm³/mol. The number of halogens is 2. The fourth-order valence-electron chi connectivity index (χ4n) is 3.72. The molecule has 4 heteroatoms. The summed E-state index contributed by atoms with van der Waals surface area (Å²) in [5.41, 5.74) is 5.76. The smallest absolute Gasteiger partial charge is 1.00 e. The van der Waals surface area contributed by atoms with Crippen LogP contribution in [0.4, 0.5) is 0 Å². The zero-order valence-electron chi connectivity index (χ0n) is 14.1. The summed E-state index contributed by atoms with van der Waals surface area (Å²) in [5, 5.41) is 1.32. The molecule has 128 valence electrons. The molecule has 1 atom stereocenters. The Labute approximate surface area is 177 Å². The first kappa shape index (κ1) is 19.4. The normalized spacial score (nSPS) is 17.0. The molecule has 3 aromatic rings. The van der Waals surface area contributed by atoms with Gasteiger partial charge in [0.1, 0.15) is 0 Å². The fourth-order valence-corrected chi connectivity index (χ4v) is 9.42. The van der Waals surface area contributed by atoms with E-state index in [4.69, 9.17) is 0 Å².